The monoisotopic (exact) mass is 602 g/mol. The molecular formula is C42H26N4O. The smallest absolute Gasteiger partial charge is 0.164 e. The first kappa shape index (κ1) is 26.9. The van der Waals surface area contributed by atoms with Crippen molar-refractivity contribution in [3.63, 3.8) is 0 Å². The lowest BCUT2D eigenvalue weighted by atomic mass is 9.93. The minimum Gasteiger partial charge on any atom is -0.454 e. The summed E-state index contributed by atoms with van der Waals surface area (Å²) in [6.07, 6.45) is 1.81. The van der Waals surface area contributed by atoms with E-state index in [1.807, 2.05) is 54.6 Å². The molecular weight excluding hydrogens is 576 g/mol. The fourth-order valence-electron chi connectivity index (χ4n) is 6.37. The molecule has 3 aromatic heterocycles. The topological polar surface area (TPSA) is 64.7 Å². The number of furan rings is 1. The summed E-state index contributed by atoms with van der Waals surface area (Å²) < 4.78 is 6.47. The fraction of sp³-hybridized carbons (Fsp3) is 0. The maximum Gasteiger partial charge on any atom is 0.164 e. The third-order valence-corrected chi connectivity index (χ3v) is 8.59. The number of nitrogens with zero attached hydrogens (tertiary/aromatic N) is 4. The van der Waals surface area contributed by atoms with E-state index in [1.54, 1.807) is 6.20 Å². The summed E-state index contributed by atoms with van der Waals surface area (Å²) in [6.45, 7) is 0. The Morgan fingerprint density at radius 2 is 1.06 bits per heavy atom. The van der Waals surface area contributed by atoms with Crippen LogP contribution in [0.4, 0.5) is 0 Å². The highest BCUT2D eigenvalue weighted by molar-refractivity contribution is 6.18. The normalized spacial score (nSPS) is 11.4. The van der Waals surface area contributed by atoms with Crippen LogP contribution >= 0.6 is 0 Å². The van der Waals surface area contributed by atoms with Gasteiger partial charge in [0.05, 0.1) is 0 Å². The lowest BCUT2D eigenvalue weighted by Gasteiger charge is -2.14. The van der Waals surface area contributed by atoms with Crippen LogP contribution in [0.2, 0.25) is 0 Å². The lowest BCUT2D eigenvalue weighted by molar-refractivity contribution is 0.672. The first-order chi connectivity index (χ1) is 23.3. The summed E-state index contributed by atoms with van der Waals surface area (Å²) >= 11 is 0. The van der Waals surface area contributed by atoms with Gasteiger partial charge in [0.25, 0.3) is 0 Å². The molecule has 5 nitrogen and oxygen atoms in total. The summed E-state index contributed by atoms with van der Waals surface area (Å²) in [5, 5.41) is 3.11. The maximum absolute atomic E-state index is 6.47. The van der Waals surface area contributed by atoms with Crippen LogP contribution < -0.4 is 0 Å². The number of hydrogen-bond donors (Lipinski definition) is 0. The average molecular weight is 603 g/mol. The van der Waals surface area contributed by atoms with Crippen molar-refractivity contribution in [3.05, 3.63) is 158 Å². The van der Waals surface area contributed by atoms with Crippen LogP contribution in [-0.4, -0.2) is 19.9 Å². The molecule has 0 radical (unpaired) electrons. The Kier molecular flexibility index (Phi) is 6.39. The standard InChI is InChI=1S/C42H26N4O/c1-3-12-27(13-4-1)30-17-9-18-31(26-30)41-44-40(29-14-5-2-6-15-29)45-42(46-41)34-20-8-7-19-32(34)33-21-10-16-28-23-24-35-38-36(22-11-25-43-38)47-39(35)37(28)33/h1-26H. The SMILES string of the molecule is c1ccc(-c2cccc(-c3nc(-c4ccccc4)nc(-c4ccccc4-c4cccc5ccc6c7ncccc7oc6c45)n3)c2)cc1. The molecule has 220 valence electrons. The van der Waals surface area contributed by atoms with E-state index in [0.29, 0.717) is 17.5 Å². The summed E-state index contributed by atoms with van der Waals surface area (Å²) in [4.78, 5) is 19.9. The van der Waals surface area contributed by atoms with Gasteiger partial charge in [-0.2, -0.15) is 0 Å². The van der Waals surface area contributed by atoms with E-state index in [0.717, 1.165) is 71.8 Å². The van der Waals surface area contributed by atoms with Gasteiger partial charge in [-0.3, -0.25) is 4.98 Å². The molecule has 0 fully saturated rings. The second-order valence-corrected chi connectivity index (χ2v) is 11.5. The molecule has 47 heavy (non-hydrogen) atoms. The van der Waals surface area contributed by atoms with Gasteiger partial charge < -0.3 is 4.42 Å². The van der Waals surface area contributed by atoms with Crippen molar-refractivity contribution in [2.75, 3.05) is 0 Å². The van der Waals surface area contributed by atoms with Crippen molar-refractivity contribution in [3.8, 4) is 56.4 Å². The number of benzene rings is 6. The third kappa shape index (κ3) is 4.73. The first-order valence-corrected chi connectivity index (χ1v) is 15.6. The Morgan fingerprint density at radius 1 is 0.426 bits per heavy atom. The summed E-state index contributed by atoms with van der Waals surface area (Å²) in [5.41, 5.74) is 9.50. The highest BCUT2D eigenvalue weighted by atomic mass is 16.3. The quantitative estimate of drug-likeness (QED) is 0.196. The molecule has 0 aliphatic rings. The van der Waals surface area contributed by atoms with Gasteiger partial charge in [-0.1, -0.05) is 127 Å². The van der Waals surface area contributed by atoms with Gasteiger partial charge in [-0.15, -0.1) is 0 Å². The third-order valence-electron chi connectivity index (χ3n) is 8.59. The summed E-state index contributed by atoms with van der Waals surface area (Å²) in [7, 11) is 0. The molecule has 0 atom stereocenters. The molecule has 0 spiro atoms. The maximum atomic E-state index is 6.47. The van der Waals surface area contributed by atoms with Crippen LogP contribution in [0, 0.1) is 0 Å². The van der Waals surface area contributed by atoms with Crippen molar-refractivity contribution in [1.82, 2.24) is 19.9 Å². The number of rotatable bonds is 5. The highest BCUT2D eigenvalue weighted by Gasteiger charge is 2.19. The molecule has 0 amide bonds. The second kappa shape index (κ2) is 11.2. The van der Waals surface area contributed by atoms with Crippen LogP contribution in [0.3, 0.4) is 0 Å². The van der Waals surface area contributed by atoms with E-state index in [9.17, 15) is 0 Å². The van der Waals surface area contributed by atoms with Gasteiger partial charge in [0.2, 0.25) is 0 Å². The predicted molar refractivity (Wildman–Crippen MR) is 190 cm³/mol. The Labute approximate surface area is 270 Å². The highest BCUT2D eigenvalue weighted by Crippen LogP contribution is 2.41. The first-order valence-electron chi connectivity index (χ1n) is 15.6. The van der Waals surface area contributed by atoms with Crippen molar-refractivity contribution >= 4 is 32.8 Å². The zero-order valence-electron chi connectivity index (χ0n) is 25.2. The van der Waals surface area contributed by atoms with Gasteiger partial charge in [0.15, 0.2) is 23.1 Å². The minimum atomic E-state index is 0.602. The van der Waals surface area contributed by atoms with Crippen molar-refractivity contribution in [2.45, 2.75) is 0 Å². The largest absolute Gasteiger partial charge is 0.454 e. The average Bonchev–Trinajstić information content (AvgIpc) is 3.54. The number of pyridine rings is 1. The van der Waals surface area contributed by atoms with Gasteiger partial charge >= 0.3 is 0 Å². The summed E-state index contributed by atoms with van der Waals surface area (Å²) in [6, 6.07) is 51.6. The Balaban J connectivity index is 1.28. The molecule has 0 bridgehead atoms. The molecule has 3 heterocycles. The molecule has 5 heteroatoms. The Morgan fingerprint density at radius 3 is 1.89 bits per heavy atom. The van der Waals surface area contributed by atoms with E-state index in [1.165, 1.54) is 0 Å². The van der Waals surface area contributed by atoms with E-state index in [-0.39, 0.29) is 0 Å². The van der Waals surface area contributed by atoms with Gasteiger partial charge in [0.1, 0.15) is 11.1 Å². The molecule has 0 aliphatic heterocycles. The second-order valence-electron chi connectivity index (χ2n) is 11.5. The Bertz CT molecular complexity index is 2580. The molecule has 0 saturated heterocycles. The molecule has 0 unspecified atom stereocenters. The summed E-state index contributed by atoms with van der Waals surface area (Å²) in [5.74, 6) is 1.84. The van der Waals surface area contributed by atoms with Gasteiger partial charge in [-0.05, 0) is 51.9 Å². The van der Waals surface area contributed by atoms with Gasteiger partial charge in [-0.25, -0.2) is 15.0 Å². The van der Waals surface area contributed by atoms with Gasteiger partial charge in [0, 0.05) is 33.7 Å². The predicted octanol–water partition coefficient (Wildman–Crippen LogP) is 10.7. The number of fused-ring (bicyclic) bond motifs is 5. The minimum absolute atomic E-state index is 0.602. The van der Waals surface area contributed by atoms with E-state index in [2.05, 4.69) is 102 Å². The molecule has 0 saturated carbocycles. The van der Waals surface area contributed by atoms with E-state index >= 15 is 0 Å². The lowest BCUT2D eigenvalue weighted by Crippen LogP contribution is -2.01. The van der Waals surface area contributed by atoms with Crippen molar-refractivity contribution < 1.29 is 4.42 Å². The molecule has 9 rings (SSSR count). The Hall–Kier alpha value is -6.46. The van der Waals surface area contributed by atoms with E-state index in [4.69, 9.17) is 19.4 Å². The molecule has 6 aromatic carbocycles. The van der Waals surface area contributed by atoms with Crippen LogP contribution in [0.5, 0.6) is 0 Å². The zero-order valence-corrected chi connectivity index (χ0v) is 25.2. The zero-order chi connectivity index (χ0) is 31.2. The number of aromatic nitrogens is 4. The van der Waals surface area contributed by atoms with Crippen LogP contribution in [-0.2, 0) is 0 Å². The van der Waals surface area contributed by atoms with Crippen molar-refractivity contribution in [1.29, 1.82) is 0 Å². The molecule has 9 aromatic rings. The van der Waals surface area contributed by atoms with Crippen LogP contribution in [0.15, 0.2) is 162 Å². The fourth-order valence-corrected chi connectivity index (χ4v) is 6.37. The molecule has 0 aliphatic carbocycles. The van der Waals surface area contributed by atoms with Crippen LogP contribution in [0.25, 0.3) is 89.3 Å². The van der Waals surface area contributed by atoms with E-state index < -0.39 is 0 Å². The van der Waals surface area contributed by atoms with Crippen molar-refractivity contribution in [2.24, 2.45) is 0 Å². The number of hydrogen-bond acceptors (Lipinski definition) is 5. The molecule has 0 N–H and O–H groups in total. The van der Waals surface area contributed by atoms with Crippen LogP contribution in [0.1, 0.15) is 0 Å².